The van der Waals surface area contributed by atoms with Crippen molar-refractivity contribution >= 4 is 5.91 Å². The number of likely N-dealkylation sites (tertiary alicyclic amines) is 1. The maximum absolute atomic E-state index is 12.6. The first kappa shape index (κ1) is 13.9. The highest BCUT2D eigenvalue weighted by molar-refractivity contribution is 5.84. The standard InChI is InChI=1S/C16H29NO/c1-11(2)12-7-9-17(10-8-12)14(18)13-15(3,4)16(13,5)6/h11-13H,7-10H2,1-6H3. The van der Waals surface area contributed by atoms with Gasteiger partial charge in [-0.2, -0.15) is 0 Å². The van der Waals surface area contributed by atoms with Crippen LogP contribution in [0.25, 0.3) is 0 Å². The molecule has 0 aromatic rings. The number of hydrogen-bond acceptors (Lipinski definition) is 1. The number of carbonyl (C=O) groups excluding carboxylic acids is 1. The zero-order valence-electron chi connectivity index (χ0n) is 12.9. The predicted octanol–water partition coefficient (Wildman–Crippen LogP) is 3.56. The smallest absolute Gasteiger partial charge is 0.226 e. The molecule has 0 unspecified atom stereocenters. The van der Waals surface area contributed by atoms with Gasteiger partial charge in [0.15, 0.2) is 0 Å². The summed E-state index contributed by atoms with van der Waals surface area (Å²) >= 11 is 0. The third-order valence-electron chi connectivity index (χ3n) is 6.06. The molecule has 2 nitrogen and oxygen atoms in total. The van der Waals surface area contributed by atoms with E-state index in [4.69, 9.17) is 0 Å². The molecule has 0 spiro atoms. The zero-order valence-corrected chi connectivity index (χ0v) is 12.9. The number of nitrogens with zero attached hydrogens (tertiary/aromatic N) is 1. The summed E-state index contributed by atoms with van der Waals surface area (Å²) in [6.45, 7) is 15.5. The molecular formula is C16H29NO. The Balaban J connectivity index is 1.94. The molecule has 2 aliphatic rings. The molecule has 2 rings (SSSR count). The second-order valence-corrected chi connectivity index (χ2v) is 7.78. The monoisotopic (exact) mass is 251 g/mol. The van der Waals surface area contributed by atoms with Crippen LogP contribution >= 0.6 is 0 Å². The minimum Gasteiger partial charge on any atom is -0.342 e. The molecule has 18 heavy (non-hydrogen) atoms. The van der Waals surface area contributed by atoms with Crippen LogP contribution in [0.5, 0.6) is 0 Å². The molecule has 0 radical (unpaired) electrons. The van der Waals surface area contributed by atoms with Crippen molar-refractivity contribution in [1.29, 1.82) is 0 Å². The summed E-state index contributed by atoms with van der Waals surface area (Å²) in [4.78, 5) is 14.7. The quantitative estimate of drug-likeness (QED) is 0.735. The molecule has 1 heterocycles. The number of amides is 1. The van der Waals surface area contributed by atoms with E-state index in [0.29, 0.717) is 5.91 Å². The van der Waals surface area contributed by atoms with E-state index in [1.807, 2.05) is 0 Å². The second kappa shape index (κ2) is 4.25. The fourth-order valence-electron chi connectivity index (χ4n) is 3.78. The number of rotatable bonds is 2. The van der Waals surface area contributed by atoms with E-state index in [9.17, 15) is 4.79 Å². The van der Waals surface area contributed by atoms with Crippen molar-refractivity contribution < 1.29 is 4.79 Å². The Morgan fingerprint density at radius 1 is 1.06 bits per heavy atom. The normalized spacial score (nSPS) is 27.6. The second-order valence-electron chi connectivity index (χ2n) is 7.78. The van der Waals surface area contributed by atoms with Gasteiger partial charge in [0.25, 0.3) is 0 Å². The summed E-state index contributed by atoms with van der Waals surface area (Å²) < 4.78 is 0. The van der Waals surface area contributed by atoms with Crippen molar-refractivity contribution in [1.82, 2.24) is 4.90 Å². The van der Waals surface area contributed by atoms with Crippen LogP contribution in [0.15, 0.2) is 0 Å². The minimum atomic E-state index is 0.180. The topological polar surface area (TPSA) is 20.3 Å². The van der Waals surface area contributed by atoms with Crippen LogP contribution in [0.4, 0.5) is 0 Å². The maximum atomic E-state index is 12.6. The van der Waals surface area contributed by atoms with E-state index in [1.165, 1.54) is 12.8 Å². The lowest BCUT2D eigenvalue weighted by Crippen LogP contribution is -2.41. The lowest BCUT2D eigenvalue weighted by molar-refractivity contribution is -0.135. The van der Waals surface area contributed by atoms with E-state index in [0.717, 1.165) is 24.9 Å². The molecule has 1 aliphatic carbocycles. The van der Waals surface area contributed by atoms with Crippen molar-refractivity contribution in [3.05, 3.63) is 0 Å². The van der Waals surface area contributed by atoms with Gasteiger partial charge in [0.05, 0.1) is 0 Å². The SMILES string of the molecule is CC(C)C1CCN(C(=O)C2C(C)(C)C2(C)C)CC1. The van der Waals surface area contributed by atoms with E-state index >= 15 is 0 Å². The van der Waals surface area contributed by atoms with Crippen LogP contribution < -0.4 is 0 Å². The van der Waals surface area contributed by atoms with Gasteiger partial charge in [-0.25, -0.2) is 0 Å². The highest BCUT2D eigenvalue weighted by Crippen LogP contribution is 2.68. The van der Waals surface area contributed by atoms with Crippen LogP contribution in [0.2, 0.25) is 0 Å². The summed E-state index contributed by atoms with van der Waals surface area (Å²) in [7, 11) is 0. The van der Waals surface area contributed by atoms with Crippen molar-refractivity contribution in [3.63, 3.8) is 0 Å². The molecule has 1 aliphatic heterocycles. The van der Waals surface area contributed by atoms with Gasteiger partial charge < -0.3 is 4.90 Å². The Hall–Kier alpha value is -0.530. The summed E-state index contributed by atoms with van der Waals surface area (Å²) in [6, 6.07) is 0. The Morgan fingerprint density at radius 2 is 1.50 bits per heavy atom. The maximum Gasteiger partial charge on any atom is 0.226 e. The van der Waals surface area contributed by atoms with Crippen molar-refractivity contribution in [2.45, 2.75) is 54.4 Å². The average molecular weight is 251 g/mol. The average Bonchev–Trinajstić information content (AvgIpc) is 2.69. The van der Waals surface area contributed by atoms with Gasteiger partial charge >= 0.3 is 0 Å². The first-order valence-corrected chi connectivity index (χ1v) is 7.48. The van der Waals surface area contributed by atoms with Crippen LogP contribution in [0, 0.1) is 28.6 Å². The number of hydrogen-bond donors (Lipinski definition) is 0. The number of carbonyl (C=O) groups is 1. The Bertz CT molecular complexity index is 321. The third kappa shape index (κ3) is 1.98. The summed E-state index contributed by atoms with van der Waals surface area (Å²) in [5, 5.41) is 0. The Labute approximate surface area is 112 Å². The van der Waals surface area contributed by atoms with Crippen LogP contribution in [0.3, 0.4) is 0 Å². The molecule has 0 bridgehead atoms. The largest absolute Gasteiger partial charge is 0.342 e. The third-order valence-corrected chi connectivity index (χ3v) is 6.06. The molecule has 1 amide bonds. The first-order chi connectivity index (χ1) is 8.19. The highest BCUT2D eigenvalue weighted by atomic mass is 16.2. The van der Waals surface area contributed by atoms with E-state index in [-0.39, 0.29) is 16.7 Å². The lowest BCUT2D eigenvalue weighted by atomic mass is 9.86. The summed E-state index contributed by atoms with van der Waals surface area (Å²) in [5.74, 6) is 2.22. The zero-order chi connectivity index (χ0) is 13.7. The number of piperidine rings is 1. The van der Waals surface area contributed by atoms with E-state index < -0.39 is 0 Å². The lowest BCUT2D eigenvalue weighted by Gasteiger charge is -2.34. The highest BCUT2D eigenvalue weighted by Gasteiger charge is 2.68. The summed E-state index contributed by atoms with van der Waals surface area (Å²) in [6.07, 6.45) is 2.38. The van der Waals surface area contributed by atoms with Gasteiger partial charge in [-0.3, -0.25) is 4.79 Å². The van der Waals surface area contributed by atoms with Gasteiger partial charge in [-0.05, 0) is 35.5 Å². The van der Waals surface area contributed by atoms with Gasteiger partial charge in [0.2, 0.25) is 5.91 Å². The van der Waals surface area contributed by atoms with Gasteiger partial charge in [0, 0.05) is 19.0 Å². The molecule has 1 saturated carbocycles. The van der Waals surface area contributed by atoms with Crippen molar-refractivity contribution in [3.8, 4) is 0 Å². The van der Waals surface area contributed by atoms with Gasteiger partial charge in [0.1, 0.15) is 0 Å². The van der Waals surface area contributed by atoms with Crippen molar-refractivity contribution in [2.24, 2.45) is 28.6 Å². The molecule has 0 N–H and O–H groups in total. The van der Waals surface area contributed by atoms with Crippen LogP contribution in [-0.4, -0.2) is 23.9 Å². The molecule has 0 aromatic heterocycles. The van der Waals surface area contributed by atoms with Crippen LogP contribution in [-0.2, 0) is 4.79 Å². The van der Waals surface area contributed by atoms with E-state index in [2.05, 4.69) is 46.4 Å². The molecule has 104 valence electrons. The fourth-order valence-corrected chi connectivity index (χ4v) is 3.78. The first-order valence-electron chi connectivity index (χ1n) is 7.48. The molecule has 2 heteroatoms. The van der Waals surface area contributed by atoms with Gasteiger partial charge in [-0.1, -0.05) is 41.5 Å². The molecule has 0 atom stereocenters. The summed E-state index contributed by atoms with van der Waals surface area (Å²) in [5.41, 5.74) is 0.359. The predicted molar refractivity (Wildman–Crippen MR) is 75.2 cm³/mol. The molecule has 2 fully saturated rings. The van der Waals surface area contributed by atoms with E-state index in [1.54, 1.807) is 0 Å². The van der Waals surface area contributed by atoms with Gasteiger partial charge in [-0.15, -0.1) is 0 Å². The van der Waals surface area contributed by atoms with Crippen LogP contribution in [0.1, 0.15) is 54.4 Å². The molecular weight excluding hydrogens is 222 g/mol. The minimum absolute atomic E-state index is 0.180. The van der Waals surface area contributed by atoms with Crippen molar-refractivity contribution in [2.75, 3.05) is 13.1 Å². The Morgan fingerprint density at radius 3 is 1.83 bits per heavy atom. The Kier molecular flexibility index (Phi) is 3.28. The molecule has 0 aromatic carbocycles. The molecule has 1 saturated heterocycles. The fraction of sp³-hybridized carbons (Fsp3) is 0.938.